The van der Waals surface area contributed by atoms with Crippen molar-refractivity contribution < 1.29 is 9.53 Å². The molecule has 0 aliphatic heterocycles. The Kier molecular flexibility index (Phi) is 4.13. The molecule has 0 aromatic heterocycles. The number of hydrogen-bond donors (Lipinski definition) is 0. The molecule has 5 saturated carbocycles. The van der Waals surface area contributed by atoms with Crippen molar-refractivity contribution in [2.24, 2.45) is 64.6 Å². The molecule has 0 bridgehead atoms. The Hall–Kier alpha value is -0.370. The first-order chi connectivity index (χ1) is 12.5. The van der Waals surface area contributed by atoms with Crippen LogP contribution in [0, 0.1) is 64.6 Å². The second-order valence-corrected chi connectivity index (χ2v) is 11.1. The lowest BCUT2D eigenvalue weighted by atomic mass is 9.47. The van der Waals surface area contributed by atoms with Crippen LogP contribution in [-0.2, 0) is 9.53 Å². The van der Waals surface area contributed by atoms with Crippen molar-refractivity contribution in [1.82, 2.24) is 0 Å². The number of carbonyl (C=O) groups is 1. The van der Waals surface area contributed by atoms with E-state index in [4.69, 9.17) is 4.74 Å². The zero-order chi connectivity index (χ0) is 18.2. The Morgan fingerprint density at radius 3 is 2.54 bits per heavy atom. The van der Waals surface area contributed by atoms with Crippen molar-refractivity contribution in [3.05, 3.63) is 0 Å². The summed E-state index contributed by atoms with van der Waals surface area (Å²) >= 11 is 0. The molecule has 5 fully saturated rings. The first kappa shape index (κ1) is 17.7. The van der Waals surface area contributed by atoms with Crippen LogP contribution in [0.15, 0.2) is 0 Å². The van der Waals surface area contributed by atoms with Gasteiger partial charge in [0.15, 0.2) is 0 Å². The molecule has 5 aliphatic rings. The van der Waals surface area contributed by atoms with Gasteiger partial charge in [0.2, 0.25) is 0 Å². The monoisotopic (exact) mass is 358 g/mol. The van der Waals surface area contributed by atoms with E-state index < -0.39 is 0 Å². The molecule has 5 rings (SSSR count). The van der Waals surface area contributed by atoms with E-state index in [0.717, 1.165) is 59.9 Å². The molecule has 0 aromatic carbocycles. The molecule has 2 heteroatoms. The zero-order valence-electron chi connectivity index (χ0n) is 17.2. The van der Waals surface area contributed by atoms with Gasteiger partial charge in [-0.3, -0.25) is 4.79 Å². The highest BCUT2D eigenvalue weighted by Gasteiger charge is 2.73. The van der Waals surface area contributed by atoms with Crippen LogP contribution in [0.3, 0.4) is 0 Å². The summed E-state index contributed by atoms with van der Waals surface area (Å²) in [5.41, 5.74) is 0.328. The van der Waals surface area contributed by atoms with Crippen LogP contribution in [0.5, 0.6) is 0 Å². The van der Waals surface area contributed by atoms with Gasteiger partial charge in [-0.1, -0.05) is 13.8 Å². The lowest BCUT2D eigenvalue weighted by Gasteiger charge is -2.57. The Labute approximate surface area is 159 Å². The van der Waals surface area contributed by atoms with E-state index in [9.17, 15) is 4.79 Å². The molecule has 26 heavy (non-hydrogen) atoms. The highest BCUT2D eigenvalue weighted by molar-refractivity contribution is 5.81. The third-order valence-corrected chi connectivity index (χ3v) is 10.2. The third-order valence-electron chi connectivity index (χ3n) is 10.2. The molecular formula is C24H38O2. The van der Waals surface area contributed by atoms with Gasteiger partial charge in [-0.2, -0.15) is 0 Å². The summed E-state index contributed by atoms with van der Waals surface area (Å²) in [6.45, 7) is 7.82. The van der Waals surface area contributed by atoms with E-state index >= 15 is 0 Å². The first-order valence-electron chi connectivity index (χ1n) is 11.5. The minimum Gasteiger partial charge on any atom is -0.384 e. The fraction of sp³-hybridized carbons (Fsp3) is 0.958. The van der Waals surface area contributed by atoms with Crippen LogP contribution in [0.25, 0.3) is 0 Å². The van der Waals surface area contributed by atoms with Crippen LogP contribution >= 0.6 is 0 Å². The van der Waals surface area contributed by atoms with Gasteiger partial charge in [0, 0.05) is 19.6 Å². The number of methoxy groups -OCH3 is 1. The fourth-order valence-electron chi connectivity index (χ4n) is 9.49. The van der Waals surface area contributed by atoms with Gasteiger partial charge in [0.25, 0.3) is 0 Å². The second kappa shape index (κ2) is 6.06. The summed E-state index contributed by atoms with van der Waals surface area (Å²) in [6.07, 6.45) is 9.89. The maximum absolute atomic E-state index is 12.6. The summed E-state index contributed by atoms with van der Waals surface area (Å²) in [4.78, 5) is 12.6. The minimum absolute atomic E-state index is 0.328. The van der Waals surface area contributed by atoms with Crippen molar-refractivity contribution in [1.29, 1.82) is 0 Å². The van der Waals surface area contributed by atoms with E-state index in [0.29, 0.717) is 17.1 Å². The van der Waals surface area contributed by atoms with Crippen LogP contribution in [-0.4, -0.2) is 19.5 Å². The Morgan fingerprint density at radius 1 is 1.04 bits per heavy atom. The van der Waals surface area contributed by atoms with E-state index in [-0.39, 0.29) is 0 Å². The smallest absolute Gasteiger partial charge is 0.133 e. The van der Waals surface area contributed by atoms with Crippen molar-refractivity contribution in [3.63, 3.8) is 0 Å². The lowest BCUT2D eigenvalue weighted by Crippen LogP contribution is -2.51. The molecule has 0 N–H and O–H groups in total. The van der Waals surface area contributed by atoms with Crippen molar-refractivity contribution in [2.45, 2.75) is 65.7 Å². The SMILES string of the molecule is COCC1CCC2C(CCC3C2CCC2(C)C(C(C)=O)C4C(C)C4C32)C1. The highest BCUT2D eigenvalue weighted by atomic mass is 16.5. The molecular weight excluding hydrogens is 320 g/mol. The topological polar surface area (TPSA) is 26.3 Å². The Bertz CT molecular complexity index is 585. The number of rotatable bonds is 3. The third kappa shape index (κ3) is 2.29. The molecule has 11 atom stereocenters. The normalized spacial score (nSPS) is 57.5. The minimum atomic E-state index is 0.328. The molecule has 0 radical (unpaired) electrons. The zero-order valence-corrected chi connectivity index (χ0v) is 17.2. The Morgan fingerprint density at radius 2 is 1.81 bits per heavy atom. The molecule has 5 aliphatic carbocycles. The standard InChI is InChI=1S/C24H38O2/c1-13-20-21(13)23-19-8-6-16-11-15(12-26-4)5-7-17(16)18(19)9-10-24(23,3)22(20)14(2)25/h13,15-23H,5-12H2,1-4H3. The molecule has 0 saturated heterocycles. The van der Waals surface area contributed by atoms with Crippen LogP contribution in [0.4, 0.5) is 0 Å². The molecule has 11 unspecified atom stereocenters. The van der Waals surface area contributed by atoms with Gasteiger partial charge < -0.3 is 4.74 Å². The first-order valence-corrected chi connectivity index (χ1v) is 11.5. The maximum Gasteiger partial charge on any atom is 0.133 e. The summed E-state index contributed by atoms with van der Waals surface area (Å²) in [6, 6.07) is 0. The predicted octanol–water partition coefficient (Wildman–Crippen LogP) is 5.21. The summed E-state index contributed by atoms with van der Waals surface area (Å²) in [7, 11) is 1.86. The molecule has 0 spiro atoms. The lowest BCUT2D eigenvalue weighted by molar-refractivity contribution is -0.132. The van der Waals surface area contributed by atoms with E-state index in [1.807, 2.05) is 14.0 Å². The van der Waals surface area contributed by atoms with Gasteiger partial charge in [0.1, 0.15) is 5.78 Å². The largest absolute Gasteiger partial charge is 0.384 e. The van der Waals surface area contributed by atoms with Gasteiger partial charge in [-0.05, 0) is 111 Å². The number of carbonyl (C=O) groups excluding carboxylic acids is 1. The van der Waals surface area contributed by atoms with Gasteiger partial charge in [-0.15, -0.1) is 0 Å². The maximum atomic E-state index is 12.6. The predicted molar refractivity (Wildman–Crippen MR) is 104 cm³/mol. The van der Waals surface area contributed by atoms with E-state index in [1.165, 1.54) is 44.9 Å². The van der Waals surface area contributed by atoms with Crippen LogP contribution in [0.2, 0.25) is 0 Å². The van der Waals surface area contributed by atoms with Crippen LogP contribution in [0.1, 0.15) is 65.7 Å². The number of ketones is 1. The number of hydrogen-bond acceptors (Lipinski definition) is 2. The number of fused-ring (bicyclic) bond motifs is 7. The van der Waals surface area contributed by atoms with Crippen molar-refractivity contribution in [3.8, 4) is 0 Å². The average Bonchev–Trinajstić information content (AvgIpc) is 3.12. The van der Waals surface area contributed by atoms with Crippen molar-refractivity contribution in [2.75, 3.05) is 13.7 Å². The average molecular weight is 359 g/mol. The highest BCUT2D eigenvalue weighted by Crippen LogP contribution is 2.76. The van der Waals surface area contributed by atoms with Gasteiger partial charge in [0.05, 0.1) is 0 Å². The molecule has 0 amide bonds. The van der Waals surface area contributed by atoms with E-state index in [2.05, 4.69) is 13.8 Å². The van der Waals surface area contributed by atoms with Gasteiger partial charge >= 0.3 is 0 Å². The number of Topliss-reactive ketones (excluding diaryl/α,β-unsaturated/α-hetero) is 1. The summed E-state index contributed by atoms with van der Waals surface area (Å²) in [5.74, 6) is 8.81. The Balaban J connectivity index is 1.38. The molecule has 2 nitrogen and oxygen atoms in total. The second-order valence-electron chi connectivity index (χ2n) is 11.1. The molecule has 0 heterocycles. The number of ether oxygens (including phenoxy) is 1. The fourth-order valence-corrected chi connectivity index (χ4v) is 9.49. The van der Waals surface area contributed by atoms with Crippen LogP contribution < -0.4 is 0 Å². The van der Waals surface area contributed by atoms with Gasteiger partial charge in [-0.25, -0.2) is 0 Å². The summed E-state index contributed by atoms with van der Waals surface area (Å²) < 4.78 is 5.47. The molecule has 0 aromatic rings. The quantitative estimate of drug-likeness (QED) is 0.692. The van der Waals surface area contributed by atoms with E-state index in [1.54, 1.807) is 0 Å². The molecule has 146 valence electrons. The summed E-state index contributed by atoms with van der Waals surface area (Å²) in [5, 5.41) is 0. The van der Waals surface area contributed by atoms with Crippen molar-refractivity contribution >= 4 is 5.78 Å².